The van der Waals surface area contributed by atoms with Crippen LogP contribution in [0.1, 0.15) is 60.3 Å². The maximum Gasteiger partial charge on any atom is 0.510 e. The van der Waals surface area contributed by atoms with E-state index in [0.717, 1.165) is 22.3 Å². The molecule has 1 unspecified atom stereocenters. The van der Waals surface area contributed by atoms with E-state index < -0.39 is 35.2 Å². The molecule has 0 N–H and O–H groups in total. The zero-order chi connectivity index (χ0) is 28.0. The highest BCUT2D eigenvalue weighted by molar-refractivity contribution is 5.72. The first-order chi connectivity index (χ1) is 17.8. The lowest BCUT2D eigenvalue weighted by atomic mass is 9.76. The first-order valence-corrected chi connectivity index (χ1v) is 12.7. The van der Waals surface area contributed by atoms with Crippen molar-refractivity contribution in [2.75, 3.05) is 13.2 Å². The Labute approximate surface area is 223 Å². The highest BCUT2D eigenvalue weighted by Gasteiger charge is 2.62. The van der Waals surface area contributed by atoms with Crippen LogP contribution in [0, 0.1) is 19.1 Å². The van der Waals surface area contributed by atoms with Crippen molar-refractivity contribution < 1.29 is 28.6 Å². The Kier molecular flexibility index (Phi) is 7.01. The fraction of sp³-hybridized carbons (Fsp3) is 0.552. The van der Waals surface area contributed by atoms with Gasteiger partial charge in [-0.15, -0.1) is 0 Å². The van der Waals surface area contributed by atoms with Crippen molar-refractivity contribution in [2.45, 2.75) is 83.6 Å². The van der Waals surface area contributed by atoms with Crippen LogP contribution in [0.4, 0.5) is 4.79 Å². The van der Waals surface area contributed by atoms with Crippen LogP contribution in [-0.2, 0) is 23.8 Å². The van der Waals surface area contributed by atoms with E-state index in [1.807, 2.05) is 26.8 Å². The third-order valence-corrected chi connectivity index (χ3v) is 7.58. The van der Waals surface area contributed by atoms with Crippen LogP contribution in [0.3, 0.4) is 0 Å². The van der Waals surface area contributed by atoms with Crippen LogP contribution in [0.15, 0.2) is 46.1 Å². The normalized spacial score (nSPS) is 25.4. The van der Waals surface area contributed by atoms with E-state index in [1.54, 1.807) is 4.90 Å². The lowest BCUT2D eigenvalue weighted by Crippen LogP contribution is -2.52. The Morgan fingerprint density at radius 2 is 1.71 bits per heavy atom. The van der Waals surface area contributed by atoms with E-state index in [1.165, 1.54) is 13.8 Å². The van der Waals surface area contributed by atoms with Crippen LogP contribution in [0.2, 0.25) is 0 Å². The second-order valence-electron chi connectivity index (χ2n) is 11.2. The molecule has 0 aromatic heterocycles. The zero-order valence-corrected chi connectivity index (χ0v) is 22.6. The summed E-state index contributed by atoms with van der Waals surface area (Å²) in [5.74, 6) is -1.40. The van der Waals surface area contributed by atoms with Crippen LogP contribution in [-0.4, -0.2) is 59.5 Å². The Morgan fingerprint density at radius 1 is 1.08 bits per heavy atom. The van der Waals surface area contributed by atoms with Gasteiger partial charge in [0.25, 0.3) is 0 Å². The molecule has 1 amide bonds. The SMILES string of the molecule is [C-]#[N+]C1([N+]#[C-])CC2=C(COC(C)=O)C(=C)CC2=C(COC(C)=O)[C@@H]2C1=C[C@H]1CCC2N1C(=O)OC(C)(C)C. The molecule has 4 rings (SSSR count). The monoisotopic (exact) mass is 519 g/mol. The molecule has 0 radical (unpaired) electrons. The fourth-order valence-electron chi connectivity index (χ4n) is 6.09. The van der Waals surface area contributed by atoms with Gasteiger partial charge in [-0.1, -0.05) is 6.58 Å². The zero-order valence-electron chi connectivity index (χ0n) is 22.6. The summed E-state index contributed by atoms with van der Waals surface area (Å²) in [6.45, 7) is 28.6. The van der Waals surface area contributed by atoms with Crippen molar-refractivity contribution in [3.63, 3.8) is 0 Å². The number of hydrogen-bond donors (Lipinski definition) is 0. The van der Waals surface area contributed by atoms with E-state index >= 15 is 0 Å². The summed E-state index contributed by atoms with van der Waals surface area (Å²) < 4.78 is 16.6. The first-order valence-electron chi connectivity index (χ1n) is 12.7. The summed E-state index contributed by atoms with van der Waals surface area (Å²) >= 11 is 0. The largest absolute Gasteiger partial charge is 0.510 e. The van der Waals surface area contributed by atoms with Gasteiger partial charge in [0.05, 0.1) is 6.04 Å². The minimum absolute atomic E-state index is 0.0142. The van der Waals surface area contributed by atoms with Gasteiger partial charge in [0.2, 0.25) is 0 Å². The maximum atomic E-state index is 13.4. The predicted octanol–water partition coefficient (Wildman–Crippen LogP) is 4.93. The molecule has 1 saturated heterocycles. The number of rotatable bonds is 4. The Hall–Kier alpha value is -3.85. The number of amides is 1. The van der Waals surface area contributed by atoms with Crippen LogP contribution >= 0.6 is 0 Å². The number of hydrogen-bond acceptors (Lipinski definition) is 6. The second-order valence-corrected chi connectivity index (χ2v) is 11.2. The molecular weight excluding hydrogens is 486 g/mol. The number of allylic oxidation sites excluding steroid dienone is 1. The Balaban J connectivity index is 1.94. The van der Waals surface area contributed by atoms with E-state index in [2.05, 4.69) is 16.3 Å². The summed E-state index contributed by atoms with van der Waals surface area (Å²) in [5.41, 5.74) is 2.17. The van der Waals surface area contributed by atoms with Gasteiger partial charge in [-0.05, 0) is 74.0 Å². The molecule has 2 heterocycles. The number of fused-ring (bicyclic) bond motifs is 5. The molecule has 1 fully saturated rings. The average Bonchev–Trinajstić information content (AvgIpc) is 3.26. The van der Waals surface area contributed by atoms with E-state index in [9.17, 15) is 14.4 Å². The Bertz CT molecular complexity index is 1270. The van der Waals surface area contributed by atoms with Gasteiger partial charge in [-0.25, -0.2) is 27.6 Å². The molecule has 9 nitrogen and oxygen atoms in total. The summed E-state index contributed by atoms with van der Waals surface area (Å²) in [7, 11) is 0. The van der Waals surface area contributed by atoms with Crippen molar-refractivity contribution >= 4 is 18.0 Å². The molecule has 38 heavy (non-hydrogen) atoms. The molecule has 3 atom stereocenters. The molecule has 2 aliphatic heterocycles. The average molecular weight is 520 g/mol. The predicted molar refractivity (Wildman–Crippen MR) is 138 cm³/mol. The minimum Gasteiger partial charge on any atom is -0.461 e. The molecule has 4 aliphatic rings. The molecule has 0 aromatic rings. The summed E-state index contributed by atoms with van der Waals surface area (Å²) in [4.78, 5) is 46.4. The highest BCUT2D eigenvalue weighted by Crippen LogP contribution is 2.56. The van der Waals surface area contributed by atoms with Crippen LogP contribution in [0.5, 0.6) is 0 Å². The second kappa shape index (κ2) is 9.79. The van der Waals surface area contributed by atoms with Gasteiger partial charge in [0, 0.05) is 25.8 Å². The molecule has 0 saturated carbocycles. The number of esters is 2. The van der Waals surface area contributed by atoms with Gasteiger partial charge in [-0.3, -0.25) is 14.5 Å². The standard InChI is InChI=1S/C29H33N3O6/c1-16-11-20-21(22(16)14-36-17(2)33)13-29(30-7,31-8)24-12-19-9-10-25(26(24)23(20)15-37-18(3)34)32(19)27(35)38-28(4,5)6/h12,19,25-26H,1,9-11,13-15H2,2-6H3/t19-,25?,26-/m1/s1. The van der Waals surface area contributed by atoms with Crippen molar-refractivity contribution in [1.82, 2.24) is 4.90 Å². The molecule has 9 heteroatoms. The fourth-order valence-corrected chi connectivity index (χ4v) is 6.09. The van der Waals surface area contributed by atoms with E-state index in [4.69, 9.17) is 27.4 Å². The lowest BCUT2D eigenvalue weighted by Gasteiger charge is -2.40. The molecule has 200 valence electrons. The van der Waals surface area contributed by atoms with Crippen molar-refractivity contribution in [1.29, 1.82) is 0 Å². The number of ether oxygens (including phenoxy) is 3. The van der Waals surface area contributed by atoms with Gasteiger partial charge in [0.15, 0.2) is 0 Å². The number of carbonyl (C=O) groups is 3. The smallest absolute Gasteiger partial charge is 0.461 e. The molecule has 0 spiro atoms. The van der Waals surface area contributed by atoms with E-state index in [-0.39, 0.29) is 31.7 Å². The maximum absolute atomic E-state index is 13.4. The van der Waals surface area contributed by atoms with Crippen LogP contribution in [0.25, 0.3) is 9.69 Å². The summed E-state index contributed by atoms with van der Waals surface area (Å²) in [5, 5.41) is 0. The molecule has 0 aromatic carbocycles. The van der Waals surface area contributed by atoms with Gasteiger partial charge in [0.1, 0.15) is 30.8 Å². The summed E-state index contributed by atoms with van der Waals surface area (Å²) in [6, 6.07) is -0.660. The number of carbonyl (C=O) groups excluding carboxylic acids is 3. The van der Waals surface area contributed by atoms with Gasteiger partial charge >= 0.3 is 23.7 Å². The minimum atomic E-state index is -1.55. The topological polar surface area (TPSA) is 90.9 Å². The van der Waals surface area contributed by atoms with Crippen molar-refractivity contribution in [2.24, 2.45) is 5.92 Å². The van der Waals surface area contributed by atoms with Gasteiger partial charge in [-0.2, -0.15) is 0 Å². The van der Waals surface area contributed by atoms with Gasteiger partial charge < -0.3 is 14.2 Å². The summed E-state index contributed by atoms with van der Waals surface area (Å²) in [6.07, 6.45) is 3.30. The number of nitrogens with zero attached hydrogens (tertiary/aromatic N) is 3. The van der Waals surface area contributed by atoms with E-state index in [0.29, 0.717) is 30.4 Å². The first kappa shape index (κ1) is 27.2. The quantitative estimate of drug-likeness (QED) is 0.226. The lowest BCUT2D eigenvalue weighted by molar-refractivity contribution is -0.141. The highest BCUT2D eigenvalue weighted by atomic mass is 16.6. The van der Waals surface area contributed by atoms with Crippen molar-refractivity contribution in [3.05, 3.63) is 68.9 Å². The van der Waals surface area contributed by atoms with Crippen LogP contribution < -0.4 is 0 Å². The Morgan fingerprint density at radius 3 is 2.29 bits per heavy atom. The molecule has 2 aliphatic carbocycles. The molecule has 2 bridgehead atoms. The molecular formula is C29H33N3O6. The van der Waals surface area contributed by atoms with Crippen molar-refractivity contribution in [3.8, 4) is 0 Å². The third-order valence-electron chi connectivity index (χ3n) is 7.58. The third kappa shape index (κ3) is 4.74.